The largest absolute Gasteiger partial charge is 0.497 e. The SMILES string of the molecule is Brc1cccc(C2N=C(I)C3=COCCN32)c1. The fourth-order valence-electron chi connectivity index (χ4n) is 2.06. The lowest BCUT2D eigenvalue weighted by molar-refractivity contribution is 0.147. The number of rotatable bonds is 1. The molecule has 1 unspecified atom stereocenters. The number of hydrogen-bond acceptors (Lipinski definition) is 3. The first-order valence-corrected chi connectivity index (χ1v) is 7.20. The van der Waals surface area contributed by atoms with Gasteiger partial charge in [0.25, 0.3) is 0 Å². The minimum Gasteiger partial charge on any atom is -0.497 e. The number of allylic oxidation sites excluding steroid dienone is 1. The van der Waals surface area contributed by atoms with Crippen molar-refractivity contribution in [3.8, 4) is 0 Å². The second-order valence-corrected chi connectivity index (χ2v) is 5.85. The van der Waals surface area contributed by atoms with Gasteiger partial charge in [0.2, 0.25) is 0 Å². The maximum Gasteiger partial charge on any atom is 0.148 e. The van der Waals surface area contributed by atoms with Crippen molar-refractivity contribution in [3.63, 3.8) is 0 Å². The van der Waals surface area contributed by atoms with Gasteiger partial charge in [-0.3, -0.25) is 0 Å². The fraction of sp³-hybridized carbons (Fsp3) is 0.250. The van der Waals surface area contributed by atoms with E-state index in [4.69, 9.17) is 9.73 Å². The molecule has 1 aromatic rings. The summed E-state index contributed by atoms with van der Waals surface area (Å²) in [4.78, 5) is 6.99. The third kappa shape index (κ3) is 2.10. The monoisotopic (exact) mass is 404 g/mol. The average molecular weight is 405 g/mol. The Morgan fingerprint density at radius 3 is 3.18 bits per heavy atom. The van der Waals surface area contributed by atoms with Gasteiger partial charge in [0, 0.05) is 4.47 Å². The van der Waals surface area contributed by atoms with Crippen molar-refractivity contribution in [1.82, 2.24) is 4.90 Å². The molecule has 0 saturated carbocycles. The van der Waals surface area contributed by atoms with Crippen molar-refractivity contribution in [1.29, 1.82) is 0 Å². The summed E-state index contributed by atoms with van der Waals surface area (Å²) in [6, 6.07) is 8.31. The van der Waals surface area contributed by atoms with Crippen LogP contribution in [-0.2, 0) is 4.74 Å². The second kappa shape index (κ2) is 4.61. The molecule has 0 radical (unpaired) electrons. The van der Waals surface area contributed by atoms with Gasteiger partial charge in [-0.25, -0.2) is 4.99 Å². The molecule has 0 N–H and O–H groups in total. The van der Waals surface area contributed by atoms with Crippen LogP contribution in [0.2, 0.25) is 0 Å². The van der Waals surface area contributed by atoms with Gasteiger partial charge < -0.3 is 9.64 Å². The summed E-state index contributed by atoms with van der Waals surface area (Å²) >= 11 is 5.77. The molecule has 0 saturated heterocycles. The molecule has 1 atom stereocenters. The highest BCUT2D eigenvalue weighted by Gasteiger charge is 2.32. The lowest BCUT2D eigenvalue weighted by Gasteiger charge is -2.29. The van der Waals surface area contributed by atoms with Crippen LogP contribution in [-0.4, -0.2) is 21.8 Å². The number of benzene rings is 1. The zero-order valence-corrected chi connectivity index (χ0v) is 12.7. The number of halogens is 2. The summed E-state index contributed by atoms with van der Waals surface area (Å²) in [6.45, 7) is 1.62. The topological polar surface area (TPSA) is 24.8 Å². The van der Waals surface area contributed by atoms with E-state index in [1.54, 1.807) is 0 Å². The van der Waals surface area contributed by atoms with E-state index < -0.39 is 0 Å². The van der Waals surface area contributed by atoms with Crippen LogP contribution in [0.3, 0.4) is 0 Å². The molecule has 0 fully saturated rings. The van der Waals surface area contributed by atoms with E-state index in [1.165, 1.54) is 5.56 Å². The van der Waals surface area contributed by atoms with Crippen molar-refractivity contribution in [2.24, 2.45) is 4.99 Å². The third-order valence-electron chi connectivity index (χ3n) is 2.84. The van der Waals surface area contributed by atoms with Crippen LogP contribution in [0.4, 0.5) is 0 Å². The highest BCUT2D eigenvalue weighted by Crippen LogP contribution is 2.36. The summed E-state index contributed by atoms with van der Waals surface area (Å²) in [5.74, 6) is 0. The summed E-state index contributed by atoms with van der Waals surface area (Å²) in [5, 5.41) is 0. The van der Waals surface area contributed by atoms with E-state index in [0.29, 0.717) is 0 Å². The predicted molar refractivity (Wildman–Crippen MR) is 79.1 cm³/mol. The van der Waals surface area contributed by atoms with Crippen molar-refractivity contribution < 1.29 is 4.74 Å². The Bertz CT molecular complexity index is 515. The van der Waals surface area contributed by atoms with Gasteiger partial charge >= 0.3 is 0 Å². The van der Waals surface area contributed by atoms with Crippen molar-refractivity contribution >= 4 is 42.2 Å². The van der Waals surface area contributed by atoms with Gasteiger partial charge in [-0.2, -0.15) is 0 Å². The molecular weight excluding hydrogens is 395 g/mol. The van der Waals surface area contributed by atoms with E-state index in [1.807, 2.05) is 18.4 Å². The van der Waals surface area contributed by atoms with Crippen molar-refractivity contribution in [2.45, 2.75) is 6.17 Å². The molecule has 2 aliphatic rings. The Morgan fingerprint density at radius 1 is 1.47 bits per heavy atom. The molecule has 0 aromatic heterocycles. The quantitative estimate of drug-likeness (QED) is 0.669. The minimum atomic E-state index is 0.0922. The van der Waals surface area contributed by atoms with Crippen molar-refractivity contribution in [2.75, 3.05) is 13.2 Å². The summed E-state index contributed by atoms with van der Waals surface area (Å²) in [6.07, 6.45) is 1.90. The minimum absolute atomic E-state index is 0.0922. The molecule has 0 spiro atoms. The first-order valence-electron chi connectivity index (χ1n) is 5.33. The number of hydrogen-bond donors (Lipinski definition) is 0. The van der Waals surface area contributed by atoms with Gasteiger partial charge in [-0.1, -0.05) is 28.1 Å². The maximum atomic E-state index is 5.36. The summed E-state index contributed by atoms with van der Waals surface area (Å²) in [7, 11) is 0. The third-order valence-corrected chi connectivity index (χ3v) is 4.17. The van der Waals surface area contributed by atoms with Gasteiger partial charge in [0.15, 0.2) is 0 Å². The van der Waals surface area contributed by atoms with E-state index in [2.05, 4.69) is 55.6 Å². The first-order chi connectivity index (χ1) is 8.25. The Labute approximate surface area is 122 Å². The van der Waals surface area contributed by atoms with E-state index >= 15 is 0 Å². The van der Waals surface area contributed by atoms with Gasteiger partial charge in [0.05, 0.1) is 6.54 Å². The molecule has 2 aliphatic heterocycles. The molecule has 88 valence electrons. The summed E-state index contributed by atoms with van der Waals surface area (Å²) < 4.78 is 7.47. The van der Waals surface area contributed by atoms with E-state index in [-0.39, 0.29) is 6.17 Å². The van der Waals surface area contributed by atoms with E-state index in [0.717, 1.165) is 27.0 Å². The van der Waals surface area contributed by atoms with Gasteiger partial charge in [0.1, 0.15) is 28.5 Å². The highest BCUT2D eigenvalue weighted by molar-refractivity contribution is 14.1. The average Bonchev–Trinajstić information content (AvgIpc) is 2.68. The molecule has 2 heterocycles. The molecule has 0 aliphatic carbocycles. The number of fused-ring (bicyclic) bond motifs is 1. The predicted octanol–water partition coefficient (Wildman–Crippen LogP) is 3.47. The van der Waals surface area contributed by atoms with Crippen LogP contribution >= 0.6 is 38.5 Å². The Morgan fingerprint density at radius 2 is 2.35 bits per heavy atom. The molecule has 0 amide bonds. The molecule has 3 rings (SSSR count). The van der Waals surface area contributed by atoms with Gasteiger partial charge in [-0.15, -0.1) is 0 Å². The van der Waals surface area contributed by atoms with Crippen LogP contribution in [0.1, 0.15) is 11.7 Å². The number of ether oxygens (including phenoxy) is 1. The Hall–Kier alpha value is -0.560. The molecule has 17 heavy (non-hydrogen) atoms. The fourth-order valence-corrected chi connectivity index (χ4v) is 3.18. The standard InChI is InChI=1S/C12H10BrIN2O/c13-9-3-1-2-8(6-9)12-15-11(14)10-7-17-5-4-16(10)12/h1-3,6-7,12H,4-5H2. The normalized spacial score (nSPS) is 22.7. The first kappa shape index (κ1) is 11.5. The smallest absolute Gasteiger partial charge is 0.148 e. The van der Waals surface area contributed by atoms with Crippen LogP contribution < -0.4 is 0 Å². The van der Waals surface area contributed by atoms with Crippen LogP contribution in [0.25, 0.3) is 0 Å². The van der Waals surface area contributed by atoms with Crippen molar-refractivity contribution in [3.05, 3.63) is 46.3 Å². The molecule has 1 aromatic carbocycles. The Balaban J connectivity index is 1.99. The molecular formula is C12H10BrIN2O. The zero-order valence-electron chi connectivity index (χ0n) is 8.94. The summed E-state index contributed by atoms with van der Waals surface area (Å²) in [5.41, 5.74) is 2.31. The zero-order chi connectivity index (χ0) is 11.8. The lowest BCUT2D eigenvalue weighted by atomic mass is 10.1. The molecule has 5 heteroatoms. The Kier molecular flexibility index (Phi) is 3.12. The van der Waals surface area contributed by atoms with Crippen LogP contribution in [0, 0.1) is 0 Å². The number of nitrogens with zero attached hydrogens (tertiary/aromatic N) is 2. The van der Waals surface area contributed by atoms with Crippen LogP contribution in [0.15, 0.2) is 45.7 Å². The second-order valence-electron chi connectivity index (χ2n) is 3.92. The molecule has 0 bridgehead atoms. The molecule has 3 nitrogen and oxygen atoms in total. The maximum absolute atomic E-state index is 5.36. The van der Waals surface area contributed by atoms with E-state index in [9.17, 15) is 0 Å². The van der Waals surface area contributed by atoms with Gasteiger partial charge in [-0.05, 0) is 40.3 Å². The lowest BCUT2D eigenvalue weighted by Crippen LogP contribution is -2.30. The highest BCUT2D eigenvalue weighted by atomic mass is 127. The van der Waals surface area contributed by atoms with Crippen LogP contribution in [0.5, 0.6) is 0 Å². The number of aliphatic imine (C=N–C) groups is 1.